The zero-order valence-electron chi connectivity index (χ0n) is 11.3. The van der Waals surface area contributed by atoms with Gasteiger partial charge in [0.05, 0.1) is 11.7 Å². The Hall–Kier alpha value is -0.340. The standard InChI is InChI=1S/C14H27NO/c1-5-15-10-6-7-12(2)11-13-8-9-14(3,4)16-13/h7,13,15H,5-6,8-11H2,1-4H3/b12-7-. The molecule has 1 unspecified atom stereocenters. The molecule has 0 spiro atoms. The molecule has 0 saturated carbocycles. The van der Waals surface area contributed by atoms with Gasteiger partial charge in [0.1, 0.15) is 0 Å². The highest BCUT2D eigenvalue weighted by Crippen LogP contribution is 2.32. The summed E-state index contributed by atoms with van der Waals surface area (Å²) in [5.74, 6) is 0. The van der Waals surface area contributed by atoms with Crippen molar-refractivity contribution in [1.82, 2.24) is 5.32 Å². The van der Waals surface area contributed by atoms with E-state index < -0.39 is 0 Å². The molecule has 0 aliphatic carbocycles. The molecule has 94 valence electrons. The van der Waals surface area contributed by atoms with Crippen LogP contribution in [0.1, 0.15) is 53.4 Å². The van der Waals surface area contributed by atoms with Crippen LogP contribution in [0.3, 0.4) is 0 Å². The van der Waals surface area contributed by atoms with E-state index in [-0.39, 0.29) is 5.60 Å². The summed E-state index contributed by atoms with van der Waals surface area (Å²) in [4.78, 5) is 0. The maximum Gasteiger partial charge on any atom is 0.0631 e. The van der Waals surface area contributed by atoms with Crippen LogP contribution in [0.5, 0.6) is 0 Å². The first-order valence-electron chi connectivity index (χ1n) is 6.57. The van der Waals surface area contributed by atoms with Gasteiger partial charge >= 0.3 is 0 Å². The van der Waals surface area contributed by atoms with Crippen molar-refractivity contribution in [2.75, 3.05) is 13.1 Å². The summed E-state index contributed by atoms with van der Waals surface area (Å²) in [6, 6.07) is 0. The van der Waals surface area contributed by atoms with E-state index in [1.54, 1.807) is 0 Å². The third kappa shape index (κ3) is 5.13. The van der Waals surface area contributed by atoms with Crippen molar-refractivity contribution in [3.8, 4) is 0 Å². The van der Waals surface area contributed by atoms with Crippen molar-refractivity contribution >= 4 is 0 Å². The van der Waals surface area contributed by atoms with E-state index in [0.29, 0.717) is 6.10 Å². The lowest BCUT2D eigenvalue weighted by Gasteiger charge is -2.19. The molecule has 0 amide bonds. The first kappa shape index (κ1) is 13.7. The topological polar surface area (TPSA) is 21.3 Å². The molecule has 1 fully saturated rings. The molecule has 2 heteroatoms. The van der Waals surface area contributed by atoms with Crippen molar-refractivity contribution in [1.29, 1.82) is 0 Å². The molecule has 16 heavy (non-hydrogen) atoms. The van der Waals surface area contributed by atoms with Crippen LogP contribution >= 0.6 is 0 Å². The van der Waals surface area contributed by atoms with Crippen molar-refractivity contribution in [2.45, 2.75) is 65.1 Å². The van der Waals surface area contributed by atoms with Crippen molar-refractivity contribution in [3.05, 3.63) is 11.6 Å². The fourth-order valence-electron chi connectivity index (χ4n) is 2.26. The highest BCUT2D eigenvalue weighted by Gasteiger charge is 2.31. The number of nitrogens with one attached hydrogen (secondary N) is 1. The van der Waals surface area contributed by atoms with E-state index >= 15 is 0 Å². The molecule has 0 bridgehead atoms. The Morgan fingerprint density at radius 3 is 2.81 bits per heavy atom. The average Bonchev–Trinajstić information content (AvgIpc) is 2.53. The highest BCUT2D eigenvalue weighted by atomic mass is 16.5. The molecule has 1 aliphatic heterocycles. The Morgan fingerprint density at radius 1 is 1.50 bits per heavy atom. The van der Waals surface area contributed by atoms with Gasteiger partial charge in [-0.1, -0.05) is 18.6 Å². The van der Waals surface area contributed by atoms with Gasteiger partial charge in [0.25, 0.3) is 0 Å². The van der Waals surface area contributed by atoms with E-state index in [1.807, 2.05) is 0 Å². The lowest BCUT2D eigenvalue weighted by molar-refractivity contribution is -0.0144. The second-order valence-electron chi connectivity index (χ2n) is 5.44. The van der Waals surface area contributed by atoms with E-state index in [9.17, 15) is 0 Å². The van der Waals surface area contributed by atoms with Gasteiger partial charge in [0.15, 0.2) is 0 Å². The summed E-state index contributed by atoms with van der Waals surface area (Å²) in [7, 11) is 0. The molecule has 0 aromatic carbocycles. The number of ether oxygens (including phenoxy) is 1. The van der Waals surface area contributed by atoms with E-state index in [1.165, 1.54) is 18.4 Å². The summed E-state index contributed by atoms with van der Waals surface area (Å²) in [6.45, 7) is 10.9. The Morgan fingerprint density at radius 2 is 2.25 bits per heavy atom. The fraction of sp³-hybridized carbons (Fsp3) is 0.857. The molecule has 1 rings (SSSR count). The van der Waals surface area contributed by atoms with Crippen molar-refractivity contribution < 1.29 is 4.74 Å². The van der Waals surface area contributed by atoms with Gasteiger partial charge in [-0.15, -0.1) is 0 Å². The molecule has 1 heterocycles. The second-order valence-corrected chi connectivity index (χ2v) is 5.44. The van der Waals surface area contributed by atoms with Crippen LogP contribution in [-0.4, -0.2) is 24.8 Å². The zero-order chi connectivity index (χ0) is 12.0. The van der Waals surface area contributed by atoms with Crippen LogP contribution in [0.4, 0.5) is 0 Å². The zero-order valence-corrected chi connectivity index (χ0v) is 11.3. The van der Waals surface area contributed by atoms with E-state index in [4.69, 9.17) is 4.74 Å². The quantitative estimate of drug-likeness (QED) is 0.553. The van der Waals surface area contributed by atoms with Gasteiger partial charge in [-0.3, -0.25) is 0 Å². The first-order valence-corrected chi connectivity index (χ1v) is 6.57. The van der Waals surface area contributed by atoms with Gasteiger partial charge in [0, 0.05) is 0 Å². The smallest absolute Gasteiger partial charge is 0.0631 e. The molecule has 1 aliphatic rings. The Bertz CT molecular complexity index is 233. The molecular formula is C14H27NO. The summed E-state index contributed by atoms with van der Waals surface area (Å²) in [5.41, 5.74) is 1.58. The Labute approximate surface area is 100 Å². The van der Waals surface area contributed by atoms with E-state index in [2.05, 4.69) is 39.1 Å². The summed E-state index contributed by atoms with van der Waals surface area (Å²) in [5, 5.41) is 3.33. The lowest BCUT2D eigenvalue weighted by atomic mass is 10.0. The summed E-state index contributed by atoms with van der Waals surface area (Å²) < 4.78 is 5.99. The minimum absolute atomic E-state index is 0.106. The van der Waals surface area contributed by atoms with Crippen LogP contribution < -0.4 is 5.32 Å². The molecule has 1 saturated heterocycles. The third-order valence-electron chi connectivity index (χ3n) is 3.17. The largest absolute Gasteiger partial charge is 0.372 e. The average molecular weight is 225 g/mol. The molecule has 0 aromatic heterocycles. The highest BCUT2D eigenvalue weighted by molar-refractivity contribution is 5.01. The Balaban J connectivity index is 2.21. The van der Waals surface area contributed by atoms with Gasteiger partial charge in [0.2, 0.25) is 0 Å². The van der Waals surface area contributed by atoms with E-state index in [0.717, 1.165) is 25.9 Å². The van der Waals surface area contributed by atoms with Crippen LogP contribution in [0.15, 0.2) is 11.6 Å². The maximum absolute atomic E-state index is 5.99. The van der Waals surface area contributed by atoms with Gasteiger partial charge < -0.3 is 10.1 Å². The normalized spacial score (nSPS) is 25.0. The van der Waals surface area contributed by atoms with Crippen molar-refractivity contribution in [2.24, 2.45) is 0 Å². The summed E-state index contributed by atoms with van der Waals surface area (Å²) in [6.07, 6.45) is 7.45. The third-order valence-corrected chi connectivity index (χ3v) is 3.17. The van der Waals surface area contributed by atoms with Crippen LogP contribution in [0.25, 0.3) is 0 Å². The lowest BCUT2D eigenvalue weighted by Crippen LogP contribution is -2.20. The predicted molar refractivity (Wildman–Crippen MR) is 69.7 cm³/mol. The molecule has 1 atom stereocenters. The SMILES string of the molecule is CCNCC/C=C(/C)CC1CCC(C)(C)O1. The molecule has 2 nitrogen and oxygen atoms in total. The minimum atomic E-state index is 0.106. The first-order chi connectivity index (χ1) is 7.53. The summed E-state index contributed by atoms with van der Waals surface area (Å²) >= 11 is 0. The molecule has 0 aromatic rings. The van der Waals surface area contributed by atoms with Gasteiger partial charge in [-0.25, -0.2) is 0 Å². The maximum atomic E-state index is 5.99. The van der Waals surface area contributed by atoms with Crippen molar-refractivity contribution in [3.63, 3.8) is 0 Å². The van der Waals surface area contributed by atoms with Gasteiger partial charge in [-0.05, 0) is 59.5 Å². The number of hydrogen-bond donors (Lipinski definition) is 1. The molecular weight excluding hydrogens is 198 g/mol. The predicted octanol–water partition coefficient (Wildman–Crippen LogP) is 3.28. The van der Waals surface area contributed by atoms with Crippen LogP contribution in [-0.2, 0) is 4.74 Å². The number of rotatable bonds is 6. The fourth-order valence-corrected chi connectivity index (χ4v) is 2.26. The van der Waals surface area contributed by atoms with Crippen LogP contribution in [0, 0.1) is 0 Å². The monoisotopic (exact) mass is 225 g/mol. The Kier molecular flexibility index (Phi) is 5.50. The second kappa shape index (κ2) is 6.41. The number of hydrogen-bond acceptors (Lipinski definition) is 2. The molecule has 0 radical (unpaired) electrons. The minimum Gasteiger partial charge on any atom is -0.372 e. The molecule has 1 N–H and O–H groups in total. The van der Waals surface area contributed by atoms with Crippen LogP contribution in [0.2, 0.25) is 0 Å². The van der Waals surface area contributed by atoms with Gasteiger partial charge in [-0.2, -0.15) is 0 Å².